The average Bonchev–Trinajstić information content (AvgIpc) is 2.83. The smallest absolute Gasteiger partial charge is 0.339 e. The maximum atomic E-state index is 13.4. The summed E-state index contributed by atoms with van der Waals surface area (Å²) in [5.74, 6) is -1.45. The zero-order chi connectivity index (χ0) is 23.2. The normalized spacial score (nSPS) is 15.5. The summed E-state index contributed by atoms with van der Waals surface area (Å²) in [6.07, 6.45) is 4.45. The number of esters is 1. The lowest BCUT2D eigenvalue weighted by molar-refractivity contribution is -0.143. The third kappa shape index (κ3) is 5.88. The Bertz CT molecular complexity index is 1170. The molecule has 0 radical (unpaired) electrons. The molecule has 1 aliphatic rings. The largest absolute Gasteiger partial charge is 0.452 e. The molecule has 3 aromatic rings. The molecule has 0 saturated heterocycles. The number of carbonyl (C=O) groups is 2. The Morgan fingerprint density at radius 3 is 2.52 bits per heavy atom. The third-order valence-corrected chi connectivity index (χ3v) is 5.85. The number of hydrogen-bond acceptors (Lipinski definition) is 3. The minimum absolute atomic E-state index is 0.0951. The van der Waals surface area contributed by atoms with Gasteiger partial charge in [-0.15, -0.1) is 0 Å². The second kappa shape index (κ2) is 10.5. The van der Waals surface area contributed by atoms with E-state index in [1.807, 2.05) is 18.2 Å². The van der Waals surface area contributed by atoms with Gasteiger partial charge >= 0.3 is 5.97 Å². The van der Waals surface area contributed by atoms with Gasteiger partial charge in [0.25, 0.3) is 5.91 Å². The highest BCUT2D eigenvalue weighted by atomic mass is 35.5. The van der Waals surface area contributed by atoms with Crippen LogP contribution in [0.25, 0.3) is 11.6 Å². The third-order valence-electron chi connectivity index (χ3n) is 5.60. The second-order valence-corrected chi connectivity index (χ2v) is 8.34. The lowest BCUT2D eigenvalue weighted by Gasteiger charge is -2.26. The quantitative estimate of drug-likeness (QED) is 0.287. The highest BCUT2D eigenvalue weighted by Crippen LogP contribution is 2.29. The molecule has 33 heavy (non-hydrogen) atoms. The minimum Gasteiger partial charge on any atom is -0.452 e. The first-order chi connectivity index (χ1) is 16.0. The van der Waals surface area contributed by atoms with Crippen molar-refractivity contribution in [2.24, 2.45) is 0 Å². The van der Waals surface area contributed by atoms with Crippen molar-refractivity contribution in [3.8, 4) is 0 Å². The van der Waals surface area contributed by atoms with Gasteiger partial charge in [0.15, 0.2) is 6.61 Å². The number of halogens is 2. The molecule has 0 heterocycles. The van der Waals surface area contributed by atoms with Crippen molar-refractivity contribution in [1.29, 1.82) is 0 Å². The van der Waals surface area contributed by atoms with Gasteiger partial charge in [0.2, 0.25) is 0 Å². The zero-order valence-electron chi connectivity index (χ0n) is 17.9. The lowest BCUT2D eigenvalue weighted by Crippen LogP contribution is -2.34. The van der Waals surface area contributed by atoms with Crippen molar-refractivity contribution in [3.05, 3.63) is 106 Å². The first-order valence-electron chi connectivity index (χ1n) is 10.8. The van der Waals surface area contributed by atoms with E-state index in [1.165, 1.54) is 29.8 Å². The lowest BCUT2D eigenvalue weighted by atomic mass is 9.88. The molecule has 1 N–H and O–H groups in total. The number of carbonyl (C=O) groups excluding carboxylic acids is 2. The molecular weight excluding hydrogens is 441 g/mol. The Hall–Kier alpha value is -3.44. The van der Waals surface area contributed by atoms with Crippen molar-refractivity contribution < 1.29 is 18.7 Å². The van der Waals surface area contributed by atoms with E-state index < -0.39 is 18.4 Å². The van der Waals surface area contributed by atoms with E-state index in [2.05, 4.69) is 11.4 Å². The molecule has 0 saturated carbocycles. The van der Waals surface area contributed by atoms with E-state index >= 15 is 0 Å². The molecule has 0 aromatic heterocycles. The van der Waals surface area contributed by atoms with Gasteiger partial charge in [-0.25, -0.2) is 9.18 Å². The minimum atomic E-state index is -0.671. The summed E-state index contributed by atoms with van der Waals surface area (Å²) in [4.78, 5) is 25.5. The highest BCUT2D eigenvalue weighted by Gasteiger charge is 2.22. The van der Waals surface area contributed by atoms with Crippen LogP contribution >= 0.6 is 11.6 Å². The Kier molecular flexibility index (Phi) is 7.20. The molecule has 1 atom stereocenters. The monoisotopic (exact) mass is 463 g/mol. The molecule has 4 nitrogen and oxygen atoms in total. The Morgan fingerprint density at radius 1 is 1.03 bits per heavy atom. The molecule has 0 aliphatic heterocycles. The molecule has 168 valence electrons. The number of rotatable bonds is 6. The van der Waals surface area contributed by atoms with Gasteiger partial charge in [0, 0.05) is 5.02 Å². The molecule has 4 rings (SSSR count). The first-order valence-corrected chi connectivity index (χ1v) is 11.1. The van der Waals surface area contributed by atoms with Gasteiger partial charge in [0.05, 0.1) is 11.6 Å². The van der Waals surface area contributed by atoms with Crippen LogP contribution in [0.3, 0.4) is 0 Å². The predicted molar refractivity (Wildman–Crippen MR) is 127 cm³/mol. The van der Waals surface area contributed by atoms with E-state index in [0.717, 1.165) is 30.4 Å². The van der Waals surface area contributed by atoms with Gasteiger partial charge in [-0.05, 0) is 71.9 Å². The maximum Gasteiger partial charge on any atom is 0.339 e. The Morgan fingerprint density at radius 2 is 1.76 bits per heavy atom. The molecular formula is C27H23ClFNO3. The van der Waals surface area contributed by atoms with Crippen molar-refractivity contribution in [1.82, 2.24) is 5.32 Å². The highest BCUT2D eigenvalue weighted by molar-refractivity contribution is 6.30. The van der Waals surface area contributed by atoms with Crippen molar-refractivity contribution in [3.63, 3.8) is 0 Å². The maximum absolute atomic E-state index is 13.4. The number of nitrogens with one attached hydrogen (secondary N) is 1. The molecule has 0 spiro atoms. The molecule has 0 bridgehead atoms. The van der Waals surface area contributed by atoms with E-state index in [-0.39, 0.29) is 17.5 Å². The van der Waals surface area contributed by atoms with Crippen molar-refractivity contribution in [2.75, 3.05) is 6.61 Å². The number of amides is 1. The molecule has 1 aliphatic carbocycles. The first kappa shape index (κ1) is 22.7. The molecule has 1 amide bonds. The van der Waals surface area contributed by atoms with Crippen LogP contribution in [-0.4, -0.2) is 18.5 Å². The van der Waals surface area contributed by atoms with E-state index in [0.29, 0.717) is 10.6 Å². The fourth-order valence-corrected chi connectivity index (χ4v) is 4.09. The standard InChI is InChI=1S/C27H23ClFNO3/c28-21-12-8-18(9-13-21)16-24(20-10-14-22(29)15-11-20)27(32)33-17-26(31)30-25-7-3-5-19-4-1-2-6-23(19)25/h1-2,4,6,8-16,25H,3,5,7,17H2,(H,30,31)/b24-16+/t25-/m1/s1. The number of ether oxygens (including phenoxy) is 1. The van der Waals surface area contributed by atoms with Gasteiger partial charge in [-0.3, -0.25) is 4.79 Å². The zero-order valence-corrected chi connectivity index (χ0v) is 18.6. The van der Waals surface area contributed by atoms with Crippen LogP contribution in [0.4, 0.5) is 4.39 Å². The van der Waals surface area contributed by atoms with Crippen LogP contribution in [0, 0.1) is 5.82 Å². The number of benzene rings is 3. The molecule has 3 aromatic carbocycles. The van der Waals surface area contributed by atoms with Crippen LogP contribution in [0.5, 0.6) is 0 Å². The van der Waals surface area contributed by atoms with Gasteiger partial charge in [-0.2, -0.15) is 0 Å². The summed E-state index contributed by atoms with van der Waals surface area (Å²) in [6, 6.07) is 20.4. The Labute approximate surface area is 197 Å². The summed E-state index contributed by atoms with van der Waals surface area (Å²) in [6.45, 7) is -0.406. The number of aryl methyl sites for hydroxylation is 1. The van der Waals surface area contributed by atoms with E-state index in [4.69, 9.17) is 16.3 Å². The Balaban J connectivity index is 1.46. The number of fused-ring (bicyclic) bond motifs is 1. The summed E-state index contributed by atoms with van der Waals surface area (Å²) >= 11 is 5.94. The van der Waals surface area contributed by atoms with E-state index in [9.17, 15) is 14.0 Å². The van der Waals surface area contributed by atoms with Crippen LogP contribution < -0.4 is 5.32 Å². The summed E-state index contributed by atoms with van der Waals surface area (Å²) in [5.41, 5.74) is 3.76. The summed E-state index contributed by atoms with van der Waals surface area (Å²) in [5, 5.41) is 3.54. The molecule has 0 fully saturated rings. The van der Waals surface area contributed by atoms with Crippen LogP contribution in [0.2, 0.25) is 5.02 Å². The van der Waals surface area contributed by atoms with Crippen molar-refractivity contribution in [2.45, 2.75) is 25.3 Å². The predicted octanol–water partition coefficient (Wildman–Crippen LogP) is 5.76. The van der Waals surface area contributed by atoms with Crippen LogP contribution in [0.1, 0.15) is 41.1 Å². The summed E-state index contributed by atoms with van der Waals surface area (Å²) in [7, 11) is 0. The molecule has 0 unspecified atom stereocenters. The van der Waals surface area contributed by atoms with Crippen LogP contribution in [0.15, 0.2) is 72.8 Å². The number of hydrogen-bond donors (Lipinski definition) is 1. The SMILES string of the molecule is O=C(COC(=O)/C(=C/c1ccc(Cl)cc1)c1ccc(F)cc1)N[C@@H]1CCCc2ccccc21. The average molecular weight is 464 g/mol. The topological polar surface area (TPSA) is 55.4 Å². The van der Waals surface area contributed by atoms with Crippen molar-refractivity contribution >= 4 is 35.1 Å². The second-order valence-electron chi connectivity index (χ2n) is 7.90. The van der Waals surface area contributed by atoms with Gasteiger partial charge in [-0.1, -0.05) is 60.1 Å². The fraction of sp³-hybridized carbons (Fsp3) is 0.185. The van der Waals surface area contributed by atoms with Gasteiger partial charge < -0.3 is 10.1 Å². The van der Waals surface area contributed by atoms with E-state index in [1.54, 1.807) is 30.3 Å². The van der Waals surface area contributed by atoms with Crippen LogP contribution in [-0.2, 0) is 20.7 Å². The molecule has 6 heteroatoms. The summed E-state index contributed by atoms with van der Waals surface area (Å²) < 4.78 is 18.7. The van der Waals surface area contributed by atoms with Gasteiger partial charge in [0.1, 0.15) is 5.82 Å². The fourth-order valence-electron chi connectivity index (χ4n) is 3.96.